The van der Waals surface area contributed by atoms with E-state index in [9.17, 15) is 28.0 Å². The fourth-order valence-electron chi connectivity index (χ4n) is 7.22. The summed E-state index contributed by atoms with van der Waals surface area (Å²) in [5, 5.41) is 9.05. The van der Waals surface area contributed by atoms with E-state index in [1.165, 1.54) is 42.8 Å². The minimum absolute atomic E-state index is 0.0137. The normalized spacial score (nSPS) is 14.0. The number of amides is 4. The number of likely N-dealkylation sites (tertiary alicyclic amines) is 1. The van der Waals surface area contributed by atoms with Gasteiger partial charge in [0.05, 0.1) is 21.2 Å². The average molecular weight is 900 g/mol. The number of hydrogen-bond donors (Lipinski definition) is 5. The lowest BCUT2D eigenvalue weighted by molar-refractivity contribution is 0.0723. The first kappa shape index (κ1) is 44.3. The zero-order valence-corrected chi connectivity index (χ0v) is 35.2. The topological polar surface area (TPSA) is 212 Å². The minimum atomic E-state index is -0.849. The molecule has 18 heteroatoms. The Bertz CT molecular complexity index is 2580. The summed E-state index contributed by atoms with van der Waals surface area (Å²) in [7, 11) is 0. The van der Waals surface area contributed by atoms with E-state index in [-0.39, 0.29) is 74.0 Å². The molecule has 7 N–H and O–H groups in total. The molecule has 6 aromatic rings. The number of rotatable bonds is 11. The Kier molecular flexibility index (Phi) is 14.0. The summed E-state index contributed by atoms with van der Waals surface area (Å²) in [6, 6.07) is 21.9. The molecule has 0 spiro atoms. The first-order chi connectivity index (χ1) is 30.4. The van der Waals surface area contributed by atoms with Crippen LogP contribution in [0, 0.1) is 11.6 Å². The molecule has 4 amide bonds. The number of anilines is 4. The number of oxazole rings is 2. The molecule has 1 aliphatic carbocycles. The van der Waals surface area contributed by atoms with Crippen molar-refractivity contribution in [2.45, 2.75) is 57.4 Å². The van der Waals surface area contributed by atoms with Crippen molar-refractivity contribution in [3.63, 3.8) is 0 Å². The molecule has 3 heterocycles. The van der Waals surface area contributed by atoms with Crippen LogP contribution in [0.1, 0.15) is 93.1 Å². The van der Waals surface area contributed by atoms with Gasteiger partial charge in [-0.1, -0.05) is 54.6 Å². The van der Waals surface area contributed by atoms with Crippen LogP contribution in [0.15, 0.2) is 93.8 Å². The third kappa shape index (κ3) is 10.6. The van der Waals surface area contributed by atoms with E-state index in [2.05, 4.69) is 25.9 Å². The molecule has 2 aromatic heterocycles. The Hall–Kier alpha value is -6.78. The number of aromatic nitrogens is 2. The Labute approximate surface area is 370 Å². The molecule has 2 aliphatic rings. The standard InChI is InChI=1S/C23H22ClFN4O3.C22H20ClFN4O3/c24-16-7-4-8-17(25)18(16)22-29-19(20(26)30)23(32-22)28-15-11-9-13(10-12-15)21(31)27-14-5-2-1-3-6-14;23-15-5-4-6-16(24)17(15)20-27-18(19(25)29)21(31-20)26-14-9-7-13(8-10-14)22(30)28-11-2-1-3-12-28/h4,7-12,14,28H,1-3,5-6H2,(H2,26,30)(H,27,31);4-10,26H,1-3,11-12H2,(H2,25,29). The molecular formula is C45H42Cl2F2N8O6. The molecule has 8 rings (SSSR count). The van der Waals surface area contributed by atoms with Crippen LogP contribution in [-0.4, -0.2) is 57.6 Å². The average Bonchev–Trinajstić information content (AvgIpc) is 3.89. The summed E-state index contributed by atoms with van der Waals surface area (Å²) in [5.74, 6) is -3.56. The van der Waals surface area contributed by atoms with Crippen LogP contribution >= 0.6 is 23.2 Å². The lowest BCUT2D eigenvalue weighted by Gasteiger charge is -2.26. The largest absolute Gasteiger partial charge is 0.419 e. The third-order valence-corrected chi connectivity index (χ3v) is 11.1. The van der Waals surface area contributed by atoms with Crippen molar-refractivity contribution in [1.29, 1.82) is 0 Å². The molecular weight excluding hydrogens is 857 g/mol. The molecule has 4 aromatic carbocycles. The summed E-state index contributed by atoms with van der Waals surface area (Å²) in [4.78, 5) is 58.6. The van der Waals surface area contributed by atoms with Crippen molar-refractivity contribution >= 4 is 70.0 Å². The highest BCUT2D eigenvalue weighted by Gasteiger charge is 2.25. The van der Waals surface area contributed by atoms with Crippen LogP contribution in [0.2, 0.25) is 10.0 Å². The predicted molar refractivity (Wildman–Crippen MR) is 234 cm³/mol. The molecule has 2 fully saturated rings. The van der Waals surface area contributed by atoms with Crippen molar-refractivity contribution in [2.75, 3.05) is 23.7 Å². The van der Waals surface area contributed by atoms with E-state index in [4.69, 9.17) is 43.5 Å². The Morgan fingerprint density at radius 3 is 1.51 bits per heavy atom. The number of hydrogen-bond acceptors (Lipinski definition) is 10. The summed E-state index contributed by atoms with van der Waals surface area (Å²) < 4.78 is 39.6. The molecule has 0 bridgehead atoms. The predicted octanol–water partition coefficient (Wildman–Crippen LogP) is 9.64. The Morgan fingerprint density at radius 1 is 0.619 bits per heavy atom. The monoisotopic (exact) mass is 898 g/mol. The summed E-state index contributed by atoms with van der Waals surface area (Å²) in [6.45, 7) is 1.53. The van der Waals surface area contributed by atoms with Crippen LogP contribution in [0.5, 0.6) is 0 Å². The number of primary amides is 2. The molecule has 0 unspecified atom stereocenters. The van der Waals surface area contributed by atoms with Crippen molar-refractivity contribution in [3.05, 3.63) is 129 Å². The quantitative estimate of drug-likeness (QED) is 0.0831. The maximum atomic E-state index is 14.2. The zero-order valence-electron chi connectivity index (χ0n) is 33.7. The van der Waals surface area contributed by atoms with E-state index in [0.717, 1.165) is 58.0 Å². The fourth-order valence-corrected chi connectivity index (χ4v) is 7.71. The molecule has 1 saturated carbocycles. The SMILES string of the molecule is NC(=O)c1nc(-c2c(F)cccc2Cl)oc1Nc1ccc(C(=O)N2CCCCC2)cc1.NC(=O)c1nc(-c2c(F)cccc2Cl)oc1Nc1ccc(C(=O)NC2CCCCC2)cc1. The van der Waals surface area contributed by atoms with Crippen molar-refractivity contribution in [1.82, 2.24) is 20.2 Å². The number of halogens is 4. The van der Waals surface area contributed by atoms with Crippen LogP contribution < -0.4 is 27.4 Å². The maximum Gasteiger partial charge on any atom is 0.273 e. The highest BCUT2D eigenvalue weighted by Crippen LogP contribution is 2.36. The number of piperidine rings is 1. The Balaban J connectivity index is 0.000000189. The number of carbonyl (C=O) groups is 4. The molecule has 1 saturated heterocycles. The van der Waals surface area contributed by atoms with Gasteiger partial charge in [0.2, 0.25) is 23.5 Å². The molecule has 14 nitrogen and oxygen atoms in total. The second kappa shape index (κ2) is 19.9. The lowest BCUT2D eigenvalue weighted by Crippen LogP contribution is -2.36. The van der Waals surface area contributed by atoms with Crippen LogP contribution in [0.25, 0.3) is 22.9 Å². The second-order valence-electron chi connectivity index (χ2n) is 14.9. The Morgan fingerprint density at radius 2 is 1.06 bits per heavy atom. The van der Waals surface area contributed by atoms with E-state index in [0.29, 0.717) is 22.5 Å². The van der Waals surface area contributed by atoms with Crippen molar-refractivity contribution in [2.24, 2.45) is 11.5 Å². The van der Waals surface area contributed by atoms with Gasteiger partial charge in [-0.05, 0) is 105 Å². The van der Waals surface area contributed by atoms with Gasteiger partial charge >= 0.3 is 0 Å². The highest BCUT2D eigenvalue weighted by atomic mass is 35.5. The zero-order chi connectivity index (χ0) is 44.6. The van der Waals surface area contributed by atoms with Gasteiger partial charge in [0.15, 0.2) is 11.4 Å². The van der Waals surface area contributed by atoms with Crippen molar-refractivity contribution in [3.8, 4) is 22.9 Å². The number of nitrogens with zero attached hydrogens (tertiary/aromatic N) is 3. The van der Waals surface area contributed by atoms with Crippen LogP contribution in [0.3, 0.4) is 0 Å². The number of nitrogens with one attached hydrogen (secondary N) is 3. The third-order valence-electron chi connectivity index (χ3n) is 10.5. The van der Waals surface area contributed by atoms with Crippen LogP contribution in [-0.2, 0) is 0 Å². The van der Waals surface area contributed by atoms with Gasteiger partial charge < -0.3 is 41.2 Å². The summed E-state index contributed by atoms with van der Waals surface area (Å²) >= 11 is 12.1. The van der Waals surface area contributed by atoms with Gasteiger partial charge in [-0.15, -0.1) is 0 Å². The summed E-state index contributed by atoms with van der Waals surface area (Å²) in [5.41, 5.74) is 12.4. The van der Waals surface area contributed by atoms with Gasteiger partial charge in [0, 0.05) is 41.6 Å². The second-order valence-corrected chi connectivity index (χ2v) is 15.7. The van der Waals surface area contributed by atoms with E-state index in [1.807, 2.05) is 4.90 Å². The molecule has 63 heavy (non-hydrogen) atoms. The number of carbonyl (C=O) groups excluding carboxylic acids is 4. The van der Waals surface area contributed by atoms with E-state index >= 15 is 0 Å². The van der Waals surface area contributed by atoms with Gasteiger partial charge in [0.1, 0.15) is 11.6 Å². The molecule has 0 atom stereocenters. The number of nitrogens with two attached hydrogens (primary N) is 2. The molecule has 0 radical (unpaired) electrons. The van der Waals surface area contributed by atoms with Crippen molar-refractivity contribution < 1.29 is 36.8 Å². The van der Waals surface area contributed by atoms with E-state index < -0.39 is 23.4 Å². The smallest absolute Gasteiger partial charge is 0.273 e. The number of benzene rings is 4. The molecule has 1 aliphatic heterocycles. The van der Waals surface area contributed by atoms with Crippen LogP contribution in [0.4, 0.5) is 31.9 Å². The first-order valence-corrected chi connectivity index (χ1v) is 21.0. The van der Waals surface area contributed by atoms with Gasteiger partial charge in [-0.2, -0.15) is 0 Å². The van der Waals surface area contributed by atoms with E-state index in [1.54, 1.807) is 48.5 Å². The molecule has 326 valence electrons. The lowest BCUT2D eigenvalue weighted by atomic mass is 9.95. The summed E-state index contributed by atoms with van der Waals surface area (Å²) in [6.07, 6.45) is 8.66. The van der Waals surface area contributed by atoms with Gasteiger partial charge in [-0.3, -0.25) is 19.2 Å². The highest BCUT2D eigenvalue weighted by molar-refractivity contribution is 6.33. The fraction of sp³-hybridized carbons (Fsp3) is 0.244. The minimum Gasteiger partial charge on any atom is -0.419 e. The van der Waals surface area contributed by atoms with Gasteiger partial charge in [0.25, 0.3) is 23.6 Å². The first-order valence-electron chi connectivity index (χ1n) is 20.2. The van der Waals surface area contributed by atoms with Gasteiger partial charge in [-0.25, -0.2) is 18.7 Å². The maximum absolute atomic E-state index is 14.2.